The van der Waals surface area contributed by atoms with Crippen molar-refractivity contribution in [1.29, 1.82) is 0 Å². The van der Waals surface area contributed by atoms with Crippen LogP contribution in [-0.4, -0.2) is 100 Å². The largest absolute Gasteiger partial charge is 0.496 e. The highest BCUT2D eigenvalue weighted by Gasteiger charge is 2.50. The Morgan fingerprint density at radius 2 is 1.75 bits per heavy atom. The van der Waals surface area contributed by atoms with Crippen molar-refractivity contribution in [2.75, 3.05) is 33.4 Å². The molecular formula is C38H44Cl2N4O8S. The van der Waals surface area contributed by atoms with E-state index < -0.39 is 29.9 Å². The first kappa shape index (κ1) is 38.5. The van der Waals surface area contributed by atoms with Gasteiger partial charge in [-0.3, -0.25) is 9.69 Å². The van der Waals surface area contributed by atoms with E-state index in [1.165, 1.54) is 21.1 Å². The molecule has 3 amide bonds. The number of carbonyl (C=O) groups is 3. The van der Waals surface area contributed by atoms with E-state index in [0.717, 1.165) is 35.3 Å². The van der Waals surface area contributed by atoms with Crippen molar-refractivity contribution in [2.24, 2.45) is 0 Å². The molecule has 1 saturated heterocycles. The van der Waals surface area contributed by atoms with Crippen LogP contribution < -0.4 is 14.2 Å². The van der Waals surface area contributed by atoms with Gasteiger partial charge in [0.05, 0.1) is 34.1 Å². The average Bonchev–Trinajstić information content (AvgIpc) is 3.81. The lowest BCUT2D eigenvalue weighted by Gasteiger charge is -2.50. The van der Waals surface area contributed by atoms with Crippen molar-refractivity contribution in [3.63, 3.8) is 0 Å². The maximum absolute atomic E-state index is 15.0. The summed E-state index contributed by atoms with van der Waals surface area (Å²) in [4.78, 5) is 51.2. The number of halogens is 2. The fraction of sp³-hybridized carbons (Fsp3) is 0.474. The summed E-state index contributed by atoms with van der Waals surface area (Å²) in [6.45, 7) is 9.88. The summed E-state index contributed by atoms with van der Waals surface area (Å²) in [7, 11) is 1.61. The van der Waals surface area contributed by atoms with Crippen LogP contribution in [0.5, 0.6) is 16.7 Å². The molecule has 3 aromatic rings. The second kappa shape index (κ2) is 15.6. The first-order valence-electron chi connectivity index (χ1n) is 17.5. The molecule has 6 rings (SSSR count). The van der Waals surface area contributed by atoms with Gasteiger partial charge in [-0.2, -0.15) is 0 Å². The van der Waals surface area contributed by atoms with Crippen LogP contribution in [0.3, 0.4) is 0 Å². The average molecular weight is 788 g/mol. The van der Waals surface area contributed by atoms with Gasteiger partial charge in [0.15, 0.2) is 5.75 Å². The van der Waals surface area contributed by atoms with Gasteiger partial charge in [0, 0.05) is 37.4 Å². The van der Waals surface area contributed by atoms with Crippen molar-refractivity contribution in [3.05, 3.63) is 73.7 Å². The van der Waals surface area contributed by atoms with Crippen LogP contribution in [-0.2, 0) is 16.1 Å². The van der Waals surface area contributed by atoms with Gasteiger partial charge in [-0.15, -0.1) is 0 Å². The number of nitrogens with zero attached hydrogens (tertiary/aromatic N) is 4. The van der Waals surface area contributed by atoms with E-state index in [-0.39, 0.29) is 44.7 Å². The summed E-state index contributed by atoms with van der Waals surface area (Å²) in [5.41, 5.74) is 3.03. The lowest BCUT2D eigenvalue weighted by molar-refractivity contribution is -0.129. The third kappa shape index (κ3) is 8.63. The molecule has 284 valence electrons. The quantitative estimate of drug-likeness (QED) is 0.193. The number of benzene rings is 2. The van der Waals surface area contributed by atoms with Crippen molar-refractivity contribution < 1.29 is 38.4 Å². The van der Waals surface area contributed by atoms with Gasteiger partial charge in [0.2, 0.25) is 0 Å². The van der Waals surface area contributed by atoms with Crippen LogP contribution in [0.15, 0.2) is 42.1 Å². The number of thiazole rings is 1. The maximum Gasteiger partial charge on any atom is 0.410 e. The molecule has 1 aliphatic carbocycles. The molecular weight excluding hydrogens is 743 g/mol. The number of piperazine rings is 1. The number of carbonyl (C=O) groups excluding carboxylic acids is 2. The molecule has 1 N–H and O–H groups in total. The zero-order valence-corrected chi connectivity index (χ0v) is 32.9. The summed E-state index contributed by atoms with van der Waals surface area (Å²) < 4.78 is 23.0. The lowest BCUT2D eigenvalue weighted by atomic mass is 9.83. The van der Waals surface area contributed by atoms with E-state index in [2.05, 4.69) is 4.98 Å². The van der Waals surface area contributed by atoms with Crippen molar-refractivity contribution >= 4 is 58.2 Å². The van der Waals surface area contributed by atoms with Gasteiger partial charge in [-0.25, -0.2) is 14.6 Å². The summed E-state index contributed by atoms with van der Waals surface area (Å²) in [5, 5.41) is 11.7. The van der Waals surface area contributed by atoms with Gasteiger partial charge < -0.3 is 33.9 Å². The number of fused-ring (bicyclic) bond motifs is 2. The molecule has 3 aliphatic rings. The Kier molecular flexibility index (Phi) is 11.4. The van der Waals surface area contributed by atoms with E-state index in [9.17, 15) is 14.7 Å². The van der Waals surface area contributed by atoms with Crippen LogP contribution in [0, 0.1) is 13.8 Å². The Morgan fingerprint density at radius 1 is 1.06 bits per heavy atom. The molecule has 1 aromatic heterocycles. The van der Waals surface area contributed by atoms with Crippen LogP contribution in [0.25, 0.3) is 5.57 Å². The Bertz CT molecular complexity index is 1900. The van der Waals surface area contributed by atoms with Gasteiger partial charge in [0.1, 0.15) is 24.6 Å². The molecule has 15 heteroatoms. The summed E-state index contributed by atoms with van der Waals surface area (Å²) >= 11 is 13.9. The lowest BCUT2D eigenvalue weighted by Crippen LogP contribution is -2.65. The second-order valence-corrected chi connectivity index (χ2v) is 16.3. The molecule has 2 atom stereocenters. The molecule has 2 fully saturated rings. The number of rotatable bonds is 11. The van der Waals surface area contributed by atoms with Gasteiger partial charge in [0.25, 0.3) is 11.1 Å². The number of aryl methyl sites for hydroxylation is 1. The van der Waals surface area contributed by atoms with Crippen LogP contribution >= 0.6 is 34.5 Å². The number of amides is 3. The number of ether oxygens (including phenoxy) is 4. The van der Waals surface area contributed by atoms with E-state index in [0.29, 0.717) is 43.6 Å². The predicted molar refractivity (Wildman–Crippen MR) is 202 cm³/mol. The Morgan fingerprint density at radius 3 is 2.40 bits per heavy atom. The Hall–Kier alpha value is -4.20. The van der Waals surface area contributed by atoms with Crippen LogP contribution in [0.4, 0.5) is 9.59 Å². The molecule has 12 nitrogen and oxygen atoms in total. The van der Waals surface area contributed by atoms with Gasteiger partial charge in [-0.05, 0) is 94.3 Å². The predicted octanol–water partition coefficient (Wildman–Crippen LogP) is 7.85. The third-order valence-electron chi connectivity index (χ3n) is 9.44. The third-order valence-corrected chi connectivity index (χ3v) is 11.0. The standard InChI is InChI=1S/C38H44Cl2N4O8S/c1-21-14-27(39)33(28(40)15-21)50-12-13-51-35-41-17-31(53-35)26-16-25-19-42(37(48)52-38(3,4)5)20-29(44(25)36(46)47)32(26)34(45)43(24-10-11-24)18-23-8-7-9-30(49-6)22(23)2/h7-9,14-15,17,24-25,29H,10-13,16,18-20H2,1-6H3,(H,46,47)/t25?,29-/m1/s1. The minimum absolute atomic E-state index is 0.0145. The second-order valence-electron chi connectivity index (χ2n) is 14.5. The SMILES string of the molecule is COc1cccc(CN(C(=O)C2=C(c3cnc(OCCOc4c(Cl)cc(C)cc4Cl)s3)CC3CN(C(=O)OC(C)(C)C)C[C@H]2N3C(=O)O)C2CC2)c1C. The highest BCUT2D eigenvalue weighted by Crippen LogP contribution is 2.44. The maximum atomic E-state index is 15.0. The number of carboxylic acid groups (broad SMARTS) is 1. The zero-order valence-electron chi connectivity index (χ0n) is 30.6. The first-order valence-corrected chi connectivity index (χ1v) is 19.1. The van der Waals surface area contributed by atoms with E-state index >= 15 is 4.79 Å². The monoisotopic (exact) mass is 786 g/mol. The van der Waals surface area contributed by atoms with Gasteiger partial charge >= 0.3 is 12.2 Å². The van der Waals surface area contributed by atoms with Crippen molar-refractivity contribution in [3.8, 4) is 16.7 Å². The summed E-state index contributed by atoms with van der Waals surface area (Å²) in [6.07, 6.45) is 1.80. The molecule has 1 unspecified atom stereocenters. The highest BCUT2D eigenvalue weighted by molar-refractivity contribution is 7.14. The number of hydrogen-bond donors (Lipinski definition) is 1. The topological polar surface area (TPSA) is 131 Å². The summed E-state index contributed by atoms with van der Waals surface area (Å²) in [5.74, 6) is 0.815. The van der Waals surface area contributed by atoms with E-state index in [1.807, 2.05) is 36.9 Å². The first-order chi connectivity index (χ1) is 25.1. The molecule has 53 heavy (non-hydrogen) atoms. The van der Waals surface area contributed by atoms with Crippen molar-refractivity contribution in [2.45, 2.75) is 84.2 Å². The number of hydrogen-bond acceptors (Lipinski definition) is 9. The van der Waals surface area contributed by atoms with E-state index in [4.69, 9.17) is 42.1 Å². The zero-order chi connectivity index (χ0) is 38.2. The molecule has 3 heterocycles. The van der Waals surface area contributed by atoms with Crippen LogP contribution in [0.1, 0.15) is 61.6 Å². The minimum atomic E-state index is -1.16. The fourth-order valence-electron chi connectivity index (χ4n) is 6.88. The molecule has 2 bridgehead atoms. The van der Waals surface area contributed by atoms with E-state index in [1.54, 1.807) is 46.2 Å². The smallest absolute Gasteiger partial charge is 0.410 e. The Labute approximate surface area is 323 Å². The number of methoxy groups -OCH3 is 1. The highest BCUT2D eigenvalue weighted by atomic mass is 35.5. The van der Waals surface area contributed by atoms with Gasteiger partial charge in [-0.1, -0.05) is 46.7 Å². The molecule has 0 radical (unpaired) electrons. The summed E-state index contributed by atoms with van der Waals surface area (Å²) in [6, 6.07) is 7.71. The fourth-order valence-corrected chi connectivity index (χ4v) is 8.45. The Balaban J connectivity index is 1.33. The normalized spacial score (nSPS) is 18.5. The molecule has 0 spiro atoms. The molecule has 1 saturated carbocycles. The minimum Gasteiger partial charge on any atom is -0.496 e. The molecule has 2 aliphatic heterocycles. The van der Waals surface area contributed by atoms with Crippen molar-refractivity contribution in [1.82, 2.24) is 19.7 Å². The number of aromatic nitrogens is 1. The molecule has 2 aromatic carbocycles. The van der Waals surface area contributed by atoms with Crippen LogP contribution in [0.2, 0.25) is 10.0 Å².